The summed E-state index contributed by atoms with van der Waals surface area (Å²) in [6, 6.07) is 0. The van der Waals surface area contributed by atoms with Gasteiger partial charge in [0.2, 0.25) is 0 Å². The summed E-state index contributed by atoms with van der Waals surface area (Å²) in [6.45, 7) is 5.66. The molecule has 0 radical (unpaired) electrons. The Kier molecular flexibility index (Phi) is 9.46. The molecule has 0 fully saturated rings. The molecule has 0 aliphatic rings. The first-order chi connectivity index (χ1) is 7.67. The topological polar surface area (TPSA) is 57.2 Å². The zero-order valence-corrected chi connectivity index (χ0v) is 10.2. The van der Waals surface area contributed by atoms with E-state index in [1.54, 1.807) is 6.08 Å². The SMILES string of the molecule is C=CC[C@H](O)[C@@H](OCOC)[C@@H](C)OCOC. The van der Waals surface area contributed by atoms with Gasteiger partial charge in [-0.05, 0) is 13.3 Å². The van der Waals surface area contributed by atoms with Crippen molar-refractivity contribution in [3.63, 3.8) is 0 Å². The summed E-state index contributed by atoms with van der Waals surface area (Å²) in [5, 5.41) is 9.83. The van der Waals surface area contributed by atoms with E-state index in [1.165, 1.54) is 14.2 Å². The first kappa shape index (κ1) is 15.5. The number of hydrogen-bond donors (Lipinski definition) is 1. The van der Waals surface area contributed by atoms with Gasteiger partial charge in [0.15, 0.2) is 0 Å². The van der Waals surface area contributed by atoms with Crippen LogP contribution in [-0.4, -0.2) is 51.2 Å². The molecule has 0 aliphatic heterocycles. The predicted octanol–water partition coefficient (Wildman–Crippen LogP) is 0.921. The van der Waals surface area contributed by atoms with Crippen molar-refractivity contribution in [3.05, 3.63) is 12.7 Å². The van der Waals surface area contributed by atoms with Crippen molar-refractivity contribution in [2.75, 3.05) is 27.8 Å². The average molecular weight is 234 g/mol. The summed E-state index contributed by atoms with van der Waals surface area (Å²) >= 11 is 0. The van der Waals surface area contributed by atoms with Crippen molar-refractivity contribution in [2.24, 2.45) is 0 Å². The van der Waals surface area contributed by atoms with Gasteiger partial charge < -0.3 is 24.1 Å². The summed E-state index contributed by atoms with van der Waals surface area (Å²) < 4.78 is 20.3. The van der Waals surface area contributed by atoms with Gasteiger partial charge in [-0.3, -0.25) is 0 Å². The van der Waals surface area contributed by atoms with Gasteiger partial charge in [-0.2, -0.15) is 0 Å². The van der Waals surface area contributed by atoms with Crippen LogP contribution in [-0.2, 0) is 18.9 Å². The number of hydrogen-bond acceptors (Lipinski definition) is 5. The zero-order valence-electron chi connectivity index (χ0n) is 10.2. The molecule has 0 aliphatic carbocycles. The third kappa shape index (κ3) is 6.19. The first-order valence-corrected chi connectivity index (χ1v) is 5.17. The van der Waals surface area contributed by atoms with Crippen molar-refractivity contribution in [1.82, 2.24) is 0 Å². The van der Waals surface area contributed by atoms with Crippen LogP contribution in [0, 0.1) is 0 Å². The van der Waals surface area contributed by atoms with Gasteiger partial charge in [-0.1, -0.05) is 6.08 Å². The third-order valence-corrected chi connectivity index (χ3v) is 2.08. The highest BCUT2D eigenvalue weighted by Gasteiger charge is 2.26. The summed E-state index contributed by atoms with van der Waals surface area (Å²) in [5.41, 5.74) is 0. The van der Waals surface area contributed by atoms with Crippen LogP contribution in [0.2, 0.25) is 0 Å². The number of aliphatic hydroxyl groups is 1. The standard InChI is InChI=1S/C11H22O5/c1-5-6-10(12)11(16-8-14-4)9(2)15-7-13-3/h5,9-12H,1,6-8H2,2-4H3/t9-,10+,11+/m1/s1. The lowest BCUT2D eigenvalue weighted by atomic mass is 10.1. The van der Waals surface area contributed by atoms with Crippen molar-refractivity contribution in [1.29, 1.82) is 0 Å². The Bertz CT molecular complexity index is 174. The van der Waals surface area contributed by atoms with Crippen LogP contribution in [0.4, 0.5) is 0 Å². The number of ether oxygens (including phenoxy) is 4. The summed E-state index contributed by atoms with van der Waals surface area (Å²) in [5.74, 6) is 0. The van der Waals surface area contributed by atoms with Crippen LogP contribution in [0.15, 0.2) is 12.7 Å². The molecule has 0 heterocycles. The highest BCUT2D eigenvalue weighted by atomic mass is 16.7. The molecule has 0 amide bonds. The average Bonchev–Trinajstić information content (AvgIpc) is 2.27. The fraction of sp³-hybridized carbons (Fsp3) is 0.818. The normalized spacial score (nSPS) is 16.8. The molecule has 0 aromatic carbocycles. The molecule has 0 spiro atoms. The van der Waals surface area contributed by atoms with Gasteiger partial charge in [-0.15, -0.1) is 6.58 Å². The largest absolute Gasteiger partial charge is 0.390 e. The minimum atomic E-state index is -0.667. The summed E-state index contributed by atoms with van der Waals surface area (Å²) in [4.78, 5) is 0. The second-order valence-corrected chi connectivity index (χ2v) is 3.41. The molecule has 16 heavy (non-hydrogen) atoms. The molecule has 3 atom stereocenters. The van der Waals surface area contributed by atoms with Gasteiger partial charge in [0.25, 0.3) is 0 Å². The molecular weight excluding hydrogens is 212 g/mol. The van der Waals surface area contributed by atoms with Gasteiger partial charge in [0.05, 0.1) is 12.2 Å². The Balaban J connectivity index is 4.20. The lowest BCUT2D eigenvalue weighted by Crippen LogP contribution is -2.40. The van der Waals surface area contributed by atoms with E-state index in [-0.39, 0.29) is 19.7 Å². The minimum absolute atomic E-state index is 0.111. The molecular formula is C11H22O5. The molecule has 5 nitrogen and oxygen atoms in total. The summed E-state index contributed by atoms with van der Waals surface area (Å²) in [7, 11) is 3.07. The van der Waals surface area contributed by atoms with Crippen molar-refractivity contribution in [2.45, 2.75) is 31.7 Å². The highest BCUT2D eigenvalue weighted by molar-refractivity contribution is 4.81. The van der Waals surface area contributed by atoms with Crippen LogP contribution in [0.3, 0.4) is 0 Å². The lowest BCUT2D eigenvalue weighted by molar-refractivity contribution is -0.179. The quantitative estimate of drug-likeness (QED) is 0.450. The van der Waals surface area contributed by atoms with Crippen LogP contribution in [0.5, 0.6) is 0 Å². The van der Waals surface area contributed by atoms with Crippen molar-refractivity contribution in [3.8, 4) is 0 Å². The van der Waals surface area contributed by atoms with Crippen LogP contribution >= 0.6 is 0 Å². The highest BCUT2D eigenvalue weighted by Crippen LogP contribution is 2.12. The Labute approximate surface area is 96.9 Å². The molecule has 96 valence electrons. The number of rotatable bonds is 10. The Morgan fingerprint density at radius 1 is 1.19 bits per heavy atom. The molecule has 0 aromatic rings. The van der Waals surface area contributed by atoms with Crippen LogP contribution in [0.25, 0.3) is 0 Å². The minimum Gasteiger partial charge on any atom is -0.390 e. The van der Waals surface area contributed by atoms with E-state index in [4.69, 9.17) is 18.9 Å². The number of aliphatic hydroxyl groups excluding tert-OH is 1. The number of methoxy groups -OCH3 is 2. The molecule has 0 saturated heterocycles. The maximum Gasteiger partial charge on any atom is 0.146 e. The smallest absolute Gasteiger partial charge is 0.146 e. The van der Waals surface area contributed by atoms with Crippen molar-refractivity contribution < 1.29 is 24.1 Å². The van der Waals surface area contributed by atoms with Gasteiger partial charge in [0, 0.05) is 14.2 Å². The zero-order chi connectivity index (χ0) is 12.4. The van der Waals surface area contributed by atoms with E-state index in [2.05, 4.69) is 6.58 Å². The van der Waals surface area contributed by atoms with Crippen LogP contribution < -0.4 is 0 Å². The molecule has 0 unspecified atom stereocenters. The van der Waals surface area contributed by atoms with Crippen LogP contribution in [0.1, 0.15) is 13.3 Å². The maximum atomic E-state index is 9.83. The fourth-order valence-corrected chi connectivity index (χ4v) is 1.28. The molecule has 5 heteroatoms. The van der Waals surface area contributed by atoms with Gasteiger partial charge >= 0.3 is 0 Å². The van der Waals surface area contributed by atoms with Crippen molar-refractivity contribution >= 4 is 0 Å². The second kappa shape index (κ2) is 9.74. The van der Waals surface area contributed by atoms with E-state index >= 15 is 0 Å². The lowest BCUT2D eigenvalue weighted by Gasteiger charge is -2.27. The third-order valence-electron chi connectivity index (χ3n) is 2.08. The van der Waals surface area contributed by atoms with Gasteiger partial charge in [0.1, 0.15) is 19.7 Å². The predicted molar refractivity (Wildman–Crippen MR) is 60.0 cm³/mol. The second-order valence-electron chi connectivity index (χ2n) is 3.41. The first-order valence-electron chi connectivity index (χ1n) is 5.17. The maximum absolute atomic E-state index is 9.83. The monoisotopic (exact) mass is 234 g/mol. The van der Waals surface area contributed by atoms with E-state index in [1.807, 2.05) is 6.92 Å². The van der Waals surface area contributed by atoms with E-state index in [0.29, 0.717) is 6.42 Å². The molecule has 0 rings (SSSR count). The Morgan fingerprint density at radius 2 is 1.75 bits per heavy atom. The van der Waals surface area contributed by atoms with E-state index in [9.17, 15) is 5.11 Å². The molecule has 0 aromatic heterocycles. The Hall–Kier alpha value is -0.460. The summed E-state index contributed by atoms with van der Waals surface area (Å²) in [6.07, 6.45) is 0.656. The van der Waals surface area contributed by atoms with E-state index in [0.717, 1.165) is 0 Å². The van der Waals surface area contributed by atoms with E-state index < -0.39 is 12.2 Å². The molecule has 1 N–H and O–H groups in total. The molecule has 0 saturated carbocycles. The fourth-order valence-electron chi connectivity index (χ4n) is 1.28. The van der Waals surface area contributed by atoms with Gasteiger partial charge in [-0.25, -0.2) is 0 Å². The Morgan fingerprint density at radius 3 is 2.25 bits per heavy atom. The molecule has 0 bridgehead atoms.